The molecular formula is C71H116O6. The van der Waals surface area contributed by atoms with Crippen molar-refractivity contribution >= 4 is 17.9 Å². The fourth-order valence-electron chi connectivity index (χ4n) is 8.36. The average molecular weight is 1070 g/mol. The van der Waals surface area contributed by atoms with E-state index in [9.17, 15) is 14.4 Å². The van der Waals surface area contributed by atoms with Gasteiger partial charge in [0.15, 0.2) is 6.10 Å². The van der Waals surface area contributed by atoms with Gasteiger partial charge in [0.2, 0.25) is 0 Å². The van der Waals surface area contributed by atoms with Gasteiger partial charge in [-0.1, -0.05) is 251 Å². The van der Waals surface area contributed by atoms with Crippen LogP contribution in [0.5, 0.6) is 0 Å². The topological polar surface area (TPSA) is 78.9 Å². The Labute approximate surface area is 475 Å². The van der Waals surface area contributed by atoms with Crippen LogP contribution in [0.4, 0.5) is 0 Å². The molecule has 0 rings (SSSR count). The lowest BCUT2D eigenvalue weighted by atomic mass is 10.1. The molecule has 0 saturated carbocycles. The monoisotopic (exact) mass is 1060 g/mol. The summed E-state index contributed by atoms with van der Waals surface area (Å²) in [6.07, 6.45) is 90.1. The summed E-state index contributed by atoms with van der Waals surface area (Å²) in [4.78, 5) is 38.3. The molecule has 0 spiro atoms. The largest absolute Gasteiger partial charge is 0.462 e. The summed E-state index contributed by atoms with van der Waals surface area (Å²) < 4.78 is 16.9. The van der Waals surface area contributed by atoms with Gasteiger partial charge in [0, 0.05) is 19.3 Å². The minimum absolute atomic E-state index is 0.0983. The highest BCUT2D eigenvalue weighted by Gasteiger charge is 2.19. The second kappa shape index (κ2) is 64.1. The summed E-state index contributed by atoms with van der Waals surface area (Å²) in [5.41, 5.74) is 0. The van der Waals surface area contributed by atoms with Crippen LogP contribution in [0.1, 0.15) is 278 Å². The molecule has 1 atom stereocenters. The van der Waals surface area contributed by atoms with Gasteiger partial charge in [-0.05, 0) is 141 Å². The van der Waals surface area contributed by atoms with Crippen LogP contribution in [-0.4, -0.2) is 37.2 Å². The van der Waals surface area contributed by atoms with Gasteiger partial charge in [-0.25, -0.2) is 0 Å². The summed E-state index contributed by atoms with van der Waals surface area (Å²) in [7, 11) is 0. The van der Waals surface area contributed by atoms with E-state index in [-0.39, 0.29) is 31.1 Å². The van der Waals surface area contributed by atoms with Gasteiger partial charge in [0.1, 0.15) is 13.2 Å². The number of unbranched alkanes of at least 4 members (excludes halogenated alkanes) is 23. The zero-order valence-electron chi connectivity index (χ0n) is 49.9. The zero-order chi connectivity index (χ0) is 55.7. The van der Waals surface area contributed by atoms with Crippen molar-refractivity contribution in [3.63, 3.8) is 0 Å². The molecule has 0 aromatic rings. The van der Waals surface area contributed by atoms with Gasteiger partial charge in [-0.15, -0.1) is 0 Å². The SMILES string of the molecule is CC/C=C\C/C=C\C/C=C\C/C=C\C/C=C\C/C=C\C/C=C\CCCCCCCC(=O)OCC(COC(=O)CCCCCCC/C=C\C/C=C\CCCCC)OC(=O)CCCCCCCCC/C=C\C/C=C\CCCCC. The van der Waals surface area contributed by atoms with Crippen LogP contribution in [0.25, 0.3) is 0 Å². The summed E-state index contributed by atoms with van der Waals surface area (Å²) in [5, 5.41) is 0. The maximum Gasteiger partial charge on any atom is 0.306 e. The van der Waals surface area contributed by atoms with E-state index in [0.29, 0.717) is 19.3 Å². The van der Waals surface area contributed by atoms with Gasteiger partial charge in [0.25, 0.3) is 0 Å². The first-order chi connectivity index (χ1) is 38.0. The van der Waals surface area contributed by atoms with Crippen LogP contribution in [0.3, 0.4) is 0 Å². The predicted molar refractivity (Wildman–Crippen MR) is 334 cm³/mol. The molecule has 0 aliphatic rings. The molecule has 436 valence electrons. The number of hydrogen-bond donors (Lipinski definition) is 0. The Morgan fingerprint density at radius 1 is 0.273 bits per heavy atom. The standard InChI is InChI=1S/C71H116O6/c1-4-7-10-13-16-19-22-25-28-30-31-32-33-34-35-36-37-38-39-41-43-46-49-52-55-58-61-64-70(73)76-67-68(66-75-69(72)63-60-57-54-51-48-45-42-27-24-21-18-15-12-9-6-3)77-71(74)65-62-59-56-53-50-47-44-40-29-26-23-20-17-14-11-8-5-2/h7,10,16-21,25-29,31-32,34-35,37-38,41-43,68H,4-6,8-9,11-15,22-24,30,33,36,39-40,44-67H2,1-3H3/b10-7-,19-16-,20-17-,21-18-,28-25-,29-26-,32-31-,35-34-,38-37-,42-27-,43-41-. The zero-order valence-corrected chi connectivity index (χ0v) is 49.9. The average Bonchev–Trinajstić information content (AvgIpc) is 3.43. The summed E-state index contributed by atoms with van der Waals surface area (Å²) in [5.74, 6) is -0.937. The third-order valence-electron chi connectivity index (χ3n) is 13.1. The van der Waals surface area contributed by atoms with Crippen molar-refractivity contribution < 1.29 is 28.6 Å². The maximum absolute atomic E-state index is 12.9. The predicted octanol–water partition coefficient (Wildman–Crippen LogP) is 21.8. The molecule has 0 aromatic carbocycles. The molecule has 0 aromatic heterocycles. The minimum Gasteiger partial charge on any atom is -0.462 e. The molecule has 6 heteroatoms. The molecule has 0 amide bonds. The Bertz CT molecular complexity index is 1650. The van der Waals surface area contributed by atoms with Gasteiger partial charge < -0.3 is 14.2 Å². The Hall–Kier alpha value is -4.45. The quantitative estimate of drug-likeness (QED) is 0.0261. The molecule has 0 heterocycles. The van der Waals surface area contributed by atoms with E-state index in [2.05, 4.69) is 154 Å². The highest BCUT2D eigenvalue weighted by atomic mass is 16.6. The smallest absolute Gasteiger partial charge is 0.306 e. The summed E-state index contributed by atoms with van der Waals surface area (Å²) >= 11 is 0. The molecule has 0 radical (unpaired) electrons. The lowest BCUT2D eigenvalue weighted by molar-refractivity contribution is -0.167. The lowest BCUT2D eigenvalue weighted by Gasteiger charge is -2.18. The third kappa shape index (κ3) is 62.3. The van der Waals surface area contributed by atoms with Crippen molar-refractivity contribution in [2.45, 2.75) is 284 Å². The number of ether oxygens (including phenoxy) is 3. The fraction of sp³-hybridized carbons (Fsp3) is 0.648. The number of allylic oxidation sites excluding steroid dienone is 22. The first-order valence-electron chi connectivity index (χ1n) is 31.7. The first kappa shape index (κ1) is 72.5. The molecule has 6 nitrogen and oxygen atoms in total. The van der Waals surface area contributed by atoms with Crippen LogP contribution in [-0.2, 0) is 28.6 Å². The van der Waals surface area contributed by atoms with E-state index in [1.54, 1.807) is 0 Å². The number of carbonyl (C=O) groups excluding carboxylic acids is 3. The van der Waals surface area contributed by atoms with Crippen molar-refractivity contribution in [3.05, 3.63) is 134 Å². The Morgan fingerprint density at radius 2 is 0.506 bits per heavy atom. The van der Waals surface area contributed by atoms with Gasteiger partial charge in [-0.3, -0.25) is 14.4 Å². The van der Waals surface area contributed by atoms with Crippen molar-refractivity contribution in [1.82, 2.24) is 0 Å². The number of hydrogen-bond acceptors (Lipinski definition) is 6. The van der Waals surface area contributed by atoms with E-state index in [1.165, 1.54) is 77.0 Å². The lowest BCUT2D eigenvalue weighted by Crippen LogP contribution is -2.30. The van der Waals surface area contributed by atoms with Crippen LogP contribution in [0.15, 0.2) is 134 Å². The first-order valence-corrected chi connectivity index (χ1v) is 31.7. The van der Waals surface area contributed by atoms with Crippen molar-refractivity contribution in [3.8, 4) is 0 Å². The molecule has 1 unspecified atom stereocenters. The third-order valence-corrected chi connectivity index (χ3v) is 13.1. The molecule has 77 heavy (non-hydrogen) atoms. The van der Waals surface area contributed by atoms with Crippen LogP contribution < -0.4 is 0 Å². The minimum atomic E-state index is -0.802. The van der Waals surface area contributed by atoms with Crippen molar-refractivity contribution in [2.75, 3.05) is 13.2 Å². The van der Waals surface area contributed by atoms with Gasteiger partial charge >= 0.3 is 17.9 Å². The van der Waals surface area contributed by atoms with Crippen molar-refractivity contribution in [2.24, 2.45) is 0 Å². The number of esters is 3. The van der Waals surface area contributed by atoms with Gasteiger partial charge in [0.05, 0.1) is 0 Å². The van der Waals surface area contributed by atoms with Crippen LogP contribution in [0.2, 0.25) is 0 Å². The van der Waals surface area contributed by atoms with E-state index in [4.69, 9.17) is 14.2 Å². The van der Waals surface area contributed by atoms with Crippen LogP contribution in [0, 0.1) is 0 Å². The van der Waals surface area contributed by atoms with E-state index in [0.717, 1.165) is 161 Å². The normalized spacial score (nSPS) is 13.0. The molecule has 0 N–H and O–H groups in total. The van der Waals surface area contributed by atoms with Crippen LogP contribution >= 0.6 is 0 Å². The molecule has 0 aliphatic carbocycles. The molecule has 0 bridgehead atoms. The number of carbonyl (C=O) groups is 3. The molecule has 0 saturated heterocycles. The van der Waals surface area contributed by atoms with E-state index >= 15 is 0 Å². The second-order valence-electron chi connectivity index (χ2n) is 20.6. The van der Waals surface area contributed by atoms with Gasteiger partial charge in [-0.2, -0.15) is 0 Å². The Balaban J connectivity index is 4.43. The Kier molecular flexibility index (Phi) is 60.4. The van der Waals surface area contributed by atoms with E-state index in [1.807, 2.05) is 0 Å². The maximum atomic E-state index is 12.9. The highest BCUT2D eigenvalue weighted by molar-refractivity contribution is 5.71. The second-order valence-corrected chi connectivity index (χ2v) is 20.6. The summed E-state index contributed by atoms with van der Waals surface area (Å²) in [6, 6.07) is 0. The molecule has 0 fully saturated rings. The summed E-state index contributed by atoms with van der Waals surface area (Å²) in [6.45, 7) is 6.44. The van der Waals surface area contributed by atoms with Crippen molar-refractivity contribution in [1.29, 1.82) is 0 Å². The number of rotatable bonds is 56. The fourth-order valence-corrected chi connectivity index (χ4v) is 8.36. The molecular weight excluding hydrogens is 949 g/mol. The molecule has 0 aliphatic heterocycles. The van der Waals surface area contributed by atoms with E-state index < -0.39 is 6.10 Å². The highest BCUT2D eigenvalue weighted by Crippen LogP contribution is 2.14. The Morgan fingerprint density at radius 3 is 0.792 bits per heavy atom.